The van der Waals surface area contributed by atoms with Crippen LogP contribution in [0.25, 0.3) is 6.08 Å². The summed E-state index contributed by atoms with van der Waals surface area (Å²) in [6.07, 6.45) is 1.63. The van der Waals surface area contributed by atoms with E-state index in [0.717, 1.165) is 11.8 Å². The predicted octanol–water partition coefficient (Wildman–Crippen LogP) is 5.25. The highest BCUT2D eigenvalue weighted by Crippen LogP contribution is 2.41. The molecule has 0 fully saturated rings. The van der Waals surface area contributed by atoms with Gasteiger partial charge in [0.15, 0.2) is 11.5 Å². The number of aliphatic hydroxyl groups is 1. The number of aromatic hydroxyl groups is 1. The number of hydrogen-bond donors (Lipinski definition) is 2. The molecule has 29 heavy (non-hydrogen) atoms. The number of nitrogens with zero attached hydrogens (tertiary/aromatic N) is 1. The van der Waals surface area contributed by atoms with Crippen LogP contribution in [0.1, 0.15) is 12.5 Å². The number of rotatable bonds is 5. The van der Waals surface area contributed by atoms with E-state index in [0.29, 0.717) is 26.9 Å². The van der Waals surface area contributed by atoms with Gasteiger partial charge in [0.2, 0.25) is 0 Å². The molecule has 3 rings (SSSR count). The molecule has 0 atom stereocenters. The maximum atomic E-state index is 12.4. The molecule has 0 saturated carbocycles. The molecule has 0 saturated heterocycles. The summed E-state index contributed by atoms with van der Waals surface area (Å²) in [6.45, 7) is 1.84. The molecule has 0 aromatic heterocycles. The predicted molar refractivity (Wildman–Crippen MR) is 115 cm³/mol. The lowest BCUT2D eigenvalue weighted by Gasteiger charge is -2.04. The van der Waals surface area contributed by atoms with Gasteiger partial charge in [-0.15, -0.1) is 0 Å². The summed E-state index contributed by atoms with van der Waals surface area (Å²) >= 11 is 7.28. The van der Waals surface area contributed by atoms with E-state index in [1.54, 1.807) is 49.4 Å². The Kier molecular flexibility index (Phi) is 6.51. The van der Waals surface area contributed by atoms with Gasteiger partial charge in [-0.25, -0.2) is 9.79 Å². The van der Waals surface area contributed by atoms with E-state index < -0.39 is 5.97 Å². The van der Waals surface area contributed by atoms with Crippen molar-refractivity contribution in [2.75, 3.05) is 13.7 Å². The molecule has 0 spiro atoms. The summed E-state index contributed by atoms with van der Waals surface area (Å²) in [5.74, 6) is -0.623. The summed E-state index contributed by atoms with van der Waals surface area (Å²) in [5, 5.41) is 21.3. The molecule has 2 aromatic carbocycles. The van der Waals surface area contributed by atoms with Crippen LogP contribution >= 0.6 is 23.4 Å². The van der Waals surface area contributed by atoms with Crippen molar-refractivity contribution in [3.05, 3.63) is 69.3 Å². The highest BCUT2D eigenvalue weighted by molar-refractivity contribution is 8.18. The lowest BCUT2D eigenvalue weighted by atomic mass is 10.1. The SMILES string of the molecule is CCOC(=O)C1=C(O)/C(=C\c2ccc(OC)c(O)c2)SC1=Nc1ccccc1Cl. The minimum atomic E-state index is -0.677. The van der Waals surface area contributed by atoms with Gasteiger partial charge in [0.25, 0.3) is 0 Å². The van der Waals surface area contributed by atoms with E-state index in [1.807, 2.05) is 0 Å². The smallest absolute Gasteiger partial charge is 0.344 e. The molecule has 0 unspecified atom stereocenters. The fourth-order valence-electron chi connectivity index (χ4n) is 2.59. The van der Waals surface area contributed by atoms with Crippen molar-refractivity contribution in [1.82, 2.24) is 0 Å². The Labute approximate surface area is 177 Å². The minimum Gasteiger partial charge on any atom is -0.506 e. The van der Waals surface area contributed by atoms with E-state index in [1.165, 1.54) is 13.2 Å². The van der Waals surface area contributed by atoms with E-state index in [4.69, 9.17) is 21.1 Å². The van der Waals surface area contributed by atoms with Crippen molar-refractivity contribution in [2.45, 2.75) is 6.92 Å². The van der Waals surface area contributed by atoms with Crippen molar-refractivity contribution in [3.63, 3.8) is 0 Å². The number of esters is 1. The third kappa shape index (κ3) is 4.58. The van der Waals surface area contributed by atoms with Gasteiger partial charge in [-0.1, -0.05) is 41.6 Å². The molecule has 0 aliphatic carbocycles. The Hall–Kier alpha value is -2.90. The quantitative estimate of drug-likeness (QED) is 0.629. The number of ether oxygens (including phenoxy) is 2. The Morgan fingerprint density at radius 1 is 1.24 bits per heavy atom. The van der Waals surface area contributed by atoms with E-state index in [-0.39, 0.29) is 28.7 Å². The van der Waals surface area contributed by atoms with Crippen LogP contribution in [-0.4, -0.2) is 34.9 Å². The van der Waals surface area contributed by atoms with Crippen molar-refractivity contribution in [2.24, 2.45) is 4.99 Å². The van der Waals surface area contributed by atoms with Gasteiger partial charge in [-0.05, 0) is 42.8 Å². The summed E-state index contributed by atoms with van der Waals surface area (Å²) in [6, 6.07) is 11.8. The second kappa shape index (κ2) is 9.07. The van der Waals surface area contributed by atoms with E-state index >= 15 is 0 Å². The maximum absolute atomic E-state index is 12.4. The molecule has 2 aromatic rings. The van der Waals surface area contributed by atoms with Crippen LogP contribution in [0.15, 0.2) is 63.7 Å². The number of aliphatic imine (C=N–C) groups is 1. The van der Waals surface area contributed by atoms with Crippen molar-refractivity contribution in [1.29, 1.82) is 0 Å². The number of phenolic OH excluding ortho intramolecular Hbond substituents is 1. The molecular formula is C21H18ClNO5S. The van der Waals surface area contributed by atoms with Crippen molar-refractivity contribution >= 4 is 46.1 Å². The Bertz CT molecular complexity index is 1050. The first-order valence-corrected chi connectivity index (χ1v) is 9.85. The number of methoxy groups -OCH3 is 1. The topological polar surface area (TPSA) is 88.4 Å². The van der Waals surface area contributed by atoms with Crippen molar-refractivity contribution < 1.29 is 24.5 Å². The number of phenols is 1. The maximum Gasteiger partial charge on any atom is 0.344 e. The highest BCUT2D eigenvalue weighted by Gasteiger charge is 2.33. The highest BCUT2D eigenvalue weighted by atomic mass is 35.5. The van der Waals surface area contributed by atoms with Gasteiger partial charge in [-0.2, -0.15) is 0 Å². The number of carbonyl (C=O) groups excluding carboxylic acids is 1. The van der Waals surface area contributed by atoms with Gasteiger partial charge >= 0.3 is 5.97 Å². The Morgan fingerprint density at radius 3 is 2.66 bits per heavy atom. The summed E-state index contributed by atoms with van der Waals surface area (Å²) in [5.41, 5.74) is 1.05. The molecule has 2 N–H and O–H groups in total. The van der Waals surface area contributed by atoms with Gasteiger partial charge in [0, 0.05) is 0 Å². The summed E-state index contributed by atoms with van der Waals surface area (Å²) in [4.78, 5) is 17.3. The van der Waals surface area contributed by atoms with Gasteiger partial charge in [0.1, 0.15) is 16.4 Å². The van der Waals surface area contributed by atoms with E-state index in [9.17, 15) is 15.0 Å². The summed E-state index contributed by atoms with van der Waals surface area (Å²) in [7, 11) is 1.46. The van der Waals surface area contributed by atoms with Crippen molar-refractivity contribution in [3.8, 4) is 11.5 Å². The molecule has 8 heteroatoms. The summed E-state index contributed by atoms with van der Waals surface area (Å²) < 4.78 is 10.1. The number of carbonyl (C=O) groups is 1. The average Bonchev–Trinajstić information content (AvgIpc) is 2.99. The lowest BCUT2D eigenvalue weighted by molar-refractivity contribution is -0.138. The van der Waals surface area contributed by atoms with Gasteiger partial charge < -0.3 is 19.7 Å². The number of benzene rings is 2. The molecule has 0 bridgehead atoms. The van der Waals surface area contributed by atoms with Crippen LogP contribution < -0.4 is 4.74 Å². The number of thioether (sulfide) groups is 1. The molecule has 0 amide bonds. The molecule has 1 aliphatic heterocycles. The first-order chi connectivity index (χ1) is 13.9. The molecule has 1 heterocycles. The fourth-order valence-corrected chi connectivity index (χ4v) is 3.80. The molecule has 0 radical (unpaired) electrons. The van der Waals surface area contributed by atoms with Crippen LogP contribution in [0, 0.1) is 0 Å². The average molecular weight is 432 g/mol. The first kappa shape index (κ1) is 20.8. The molecule has 150 valence electrons. The second-order valence-corrected chi connectivity index (χ2v) is 7.29. The number of hydrogen-bond acceptors (Lipinski definition) is 7. The van der Waals surface area contributed by atoms with E-state index in [2.05, 4.69) is 4.99 Å². The van der Waals surface area contributed by atoms with Crippen LogP contribution in [0.3, 0.4) is 0 Å². The molecule has 6 nitrogen and oxygen atoms in total. The molecule has 1 aliphatic rings. The Balaban J connectivity index is 2.05. The first-order valence-electron chi connectivity index (χ1n) is 8.65. The second-order valence-electron chi connectivity index (χ2n) is 5.85. The monoisotopic (exact) mass is 431 g/mol. The standard InChI is InChI=1S/C21H18ClNO5S/c1-3-28-21(26)18-19(25)17(11-12-8-9-16(27-2)15(24)10-12)29-20(18)23-14-7-5-4-6-13(14)22/h4-11,24-25H,3H2,1-2H3/b17-11+,23-20?. The number of para-hydroxylation sites is 1. The zero-order chi connectivity index (χ0) is 21.0. The van der Waals surface area contributed by atoms with Gasteiger partial charge in [0.05, 0.1) is 29.3 Å². The largest absolute Gasteiger partial charge is 0.506 e. The van der Waals surface area contributed by atoms with Crippen LogP contribution in [-0.2, 0) is 9.53 Å². The normalized spacial score (nSPS) is 16.5. The third-order valence-corrected chi connectivity index (χ3v) is 5.28. The van der Waals surface area contributed by atoms with Crippen LogP contribution in [0.2, 0.25) is 5.02 Å². The third-order valence-electron chi connectivity index (χ3n) is 3.95. The van der Waals surface area contributed by atoms with Gasteiger partial charge in [-0.3, -0.25) is 0 Å². The minimum absolute atomic E-state index is 0.0271. The van der Waals surface area contributed by atoms with Crippen LogP contribution in [0.4, 0.5) is 5.69 Å². The van der Waals surface area contributed by atoms with Crippen LogP contribution in [0.5, 0.6) is 11.5 Å². The zero-order valence-electron chi connectivity index (χ0n) is 15.7. The number of aliphatic hydroxyl groups excluding tert-OH is 1. The fraction of sp³-hybridized carbons (Fsp3) is 0.143. The Morgan fingerprint density at radius 2 is 2.00 bits per heavy atom. The zero-order valence-corrected chi connectivity index (χ0v) is 17.3. The number of halogens is 1. The molecular weight excluding hydrogens is 414 g/mol. The lowest BCUT2D eigenvalue weighted by Crippen LogP contribution is -2.12.